The van der Waals surface area contributed by atoms with E-state index in [4.69, 9.17) is 0 Å². The number of benzene rings is 2. The molecule has 1 saturated heterocycles. The molecule has 0 aliphatic carbocycles. The second-order valence-electron chi connectivity index (χ2n) is 5.54. The maximum atomic E-state index is 12.2. The zero-order valence-electron chi connectivity index (χ0n) is 12.9. The molecule has 4 nitrogen and oxygen atoms in total. The number of carbonyl (C=O) groups is 1. The first-order valence-corrected chi connectivity index (χ1v) is 7.80. The molecular formula is C19H20N2O2. The SMILES string of the molecule is O=C(/C=C/c1ccccc1O)c1ccc(N2CCNCC2)cc1. The molecule has 4 heteroatoms. The van der Waals surface area contributed by atoms with Crippen molar-refractivity contribution in [3.8, 4) is 5.75 Å². The maximum absolute atomic E-state index is 12.2. The molecule has 1 fully saturated rings. The van der Waals surface area contributed by atoms with Crippen molar-refractivity contribution in [2.24, 2.45) is 0 Å². The highest BCUT2D eigenvalue weighted by molar-refractivity contribution is 6.07. The summed E-state index contributed by atoms with van der Waals surface area (Å²) in [5, 5.41) is 13.0. The normalized spacial score (nSPS) is 15.0. The van der Waals surface area contributed by atoms with Crippen LogP contribution in [0.5, 0.6) is 5.75 Å². The van der Waals surface area contributed by atoms with Gasteiger partial charge < -0.3 is 15.3 Å². The van der Waals surface area contributed by atoms with Gasteiger partial charge in [-0.15, -0.1) is 0 Å². The van der Waals surface area contributed by atoms with E-state index in [-0.39, 0.29) is 11.5 Å². The summed E-state index contributed by atoms with van der Waals surface area (Å²) in [5.41, 5.74) is 2.43. The summed E-state index contributed by atoms with van der Waals surface area (Å²) in [6, 6.07) is 14.6. The molecule has 2 aromatic rings. The highest BCUT2D eigenvalue weighted by Gasteiger charge is 2.10. The van der Waals surface area contributed by atoms with E-state index in [0.29, 0.717) is 11.1 Å². The van der Waals surface area contributed by atoms with Gasteiger partial charge in [0.15, 0.2) is 5.78 Å². The highest BCUT2D eigenvalue weighted by Crippen LogP contribution is 2.19. The third-order valence-corrected chi connectivity index (χ3v) is 3.98. The summed E-state index contributed by atoms with van der Waals surface area (Å²) in [7, 11) is 0. The molecule has 0 spiro atoms. The van der Waals surface area contributed by atoms with Crippen molar-refractivity contribution in [1.29, 1.82) is 0 Å². The molecule has 0 unspecified atom stereocenters. The molecule has 0 atom stereocenters. The molecule has 1 aliphatic heterocycles. The van der Waals surface area contributed by atoms with Gasteiger partial charge in [0.1, 0.15) is 5.75 Å². The standard InChI is InChI=1S/C19H20N2O2/c22-18-4-2-1-3-15(18)7-10-19(23)16-5-8-17(9-6-16)21-13-11-20-12-14-21/h1-10,20,22H,11-14H2/b10-7+. The topological polar surface area (TPSA) is 52.6 Å². The Balaban J connectivity index is 1.69. The summed E-state index contributed by atoms with van der Waals surface area (Å²) in [6.07, 6.45) is 3.14. The zero-order chi connectivity index (χ0) is 16.1. The van der Waals surface area contributed by atoms with E-state index in [9.17, 15) is 9.90 Å². The van der Waals surface area contributed by atoms with E-state index in [1.807, 2.05) is 30.3 Å². The monoisotopic (exact) mass is 308 g/mol. The Bertz CT molecular complexity index is 702. The number of phenolic OH excluding ortho intramolecular Hbond substituents is 1. The number of allylic oxidation sites excluding steroid dienone is 1. The van der Waals surface area contributed by atoms with E-state index in [1.54, 1.807) is 24.3 Å². The lowest BCUT2D eigenvalue weighted by molar-refractivity contribution is 0.104. The lowest BCUT2D eigenvalue weighted by atomic mass is 10.1. The van der Waals surface area contributed by atoms with Gasteiger partial charge in [0.05, 0.1) is 0 Å². The first-order chi connectivity index (χ1) is 11.2. The van der Waals surface area contributed by atoms with Gasteiger partial charge in [-0.05, 0) is 42.5 Å². The van der Waals surface area contributed by atoms with Crippen LogP contribution in [-0.2, 0) is 0 Å². The van der Waals surface area contributed by atoms with Crippen molar-refractivity contribution >= 4 is 17.5 Å². The summed E-state index contributed by atoms with van der Waals surface area (Å²) in [6.45, 7) is 3.95. The lowest BCUT2D eigenvalue weighted by Crippen LogP contribution is -2.43. The maximum Gasteiger partial charge on any atom is 0.185 e. The van der Waals surface area contributed by atoms with Crippen LogP contribution in [0.1, 0.15) is 15.9 Å². The number of para-hydroxylation sites is 1. The largest absolute Gasteiger partial charge is 0.507 e. The minimum absolute atomic E-state index is 0.0693. The number of hydrogen-bond acceptors (Lipinski definition) is 4. The fourth-order valence-electron chi connectivity index (χ4n) is 2.65. The second-order valence-corrected chi connectivity index (χ2v) is 5.54. The van der Waals surface area contributed by atoms with Gasteiger partial charge in [-0.25, -0.2) is 0 Å². The first kappa shape index (κ1) is 15.3. The molecular weight excluding hydrogens is 288 g/mol. The molecule has 118 valence electrons. The lowest BCUT2D eigenvalue weighted by Gasteiger charge is -2.29. The number of phenols is 1. The summed E-state index contributed by atoms with van der Waals surface area (Å²) < 4.78 is 0. The average molecular weight is 308 g/mol. The van der Waals surface area contributed by atoms with Crippen molar-refractivity contribution < 1.29 is 9.90 Å². The van der Waals surface area contributed by atoms with Crippen molar-refractivity contribution in [1.82, 2.24) is 5.32 Å². The molecule has 23 heavy (non-hydrogen) atoms. The summed E-state index contributed by atoms with van der Waals surface area (Å²) in [5.74, 6) is 0.103. The van der Waals surface area contributed by atoms with Crippen molar-refractivity contribution in [3.05, 3.63) is 65.7 Å². The molecule has 0 aromatic heterocycles. The van der Waals surface area contributed by atoms with Crippen LogP contribution in [-0.4, -0.2) is 37.1 Å². The molecule has 2 aromatic carbocycles. The van der Waals surface area contributed by atoms with Crippen LogP contribution >= 0.6 is 0 Å². The van der Waals surface area contributed by atoms with Gasteiger partial charge in [0.2, 0.25) is 0 Å². The van der Waals surface area contributed by atoms with Crippen molar-refractivity contribution in [2.45, 2.75) is 0 Å². The Morgan fingerprint density at radius 3 is 2.43 bits per heavy atom. The fraction of sp³-hybridized carbons (Fsp3) is 0.211. The minimum atomic E-state index is -0.0693. The van der Waals surface area contributed by atoms with Crippen LogP contribution in [0.4, 0.5) is 5.69 Å². The molecule has 1 aliphatic rings. The number of rotatable bonds is 4. The van der Waals surface area contributed by atoms with E-state index in [0.717, 1.165) is 31.9 Å². The van der Waals surface area contributed by atoms with Gasteiger partial charge in [-0.1, -0.05) is 18.2 Å². The quantitative estimate of drug-likeness (QED) is 0.673. The van der Waals surface area contributed by atoms with Crippen LogP contribution in [0, 0.1) is 0 Å². The van der Waals surface area contributed by atoms with Crippen LogP contribution < -0.4 is 10.2 Å². The Morgan fingerprint density at radius 2 is 1.74 bits per heavy atom. The van der Waals surface area contributed by atoms with E-state index >= 15 is 0 Å². The Labute approximate surface area is 136 Å². The van der Waals surface area contributed by atoms with Crippen molar-refractivity contribution in [3.63, 3.8) is 0 Å². The predicted molar refractivity (Wildman–Crippen MR) is 93.0 cm³/mol. The van der Waals surface area contributed by atoms with E-state index < -0.39 is 0 Å². The smallest absolute Gasteiger partial charge is 0.185 e. The molecule has 2 N–H and O–H groups in total. The molecule has 0 saturated carbocycles. The Morgan fingerprint density at radius 1 is 1.04 bits per heavy atom. The number of nitrogens with zero attached hydrogens (tertiary/aromatic N) is 1. The van der Waals surface area contributed by atoms with E-state index in [2.05, 4.69) is 10.2 Å². The van der Waals surface area contributed by atoms with Crippen molar-refractivity contribution in [2.75, 3.05) is 31.1 Å². The molecule has 0 amide bonds. The first-order valence-electron chi connectivity index (χ1n) is 7.80. The van der Waals surface area contributed by atoms with E-state index in [1.165, 1.54) is 6.08 Å². The number of nitrogens with one attached hydrogen (secondary N) is 1. The molecule has 1 heterocycles. The third-order valence-electron chi connectivity index (χ3n) is 3.98. The number of hydrogen-bond donors (Lipinski definition) is 2. The Kier molecular flexibility index (Phi) is 4.74. The van der Waals surface area contributed by atoms with Crippen LogP contribution in [0.2, 0.25) is 0 Å². The predicted octanol–water partition coefficient (Wildman–Crippen LogP) is 2.70. The second kappa shape index (κ2) is 7.11. The molecule has 0 radical (unpaired) electrons. The Hall–Kier alpha value is -2.59. The van der Waals surface area contributed by atoms with Gasteiger partial charge in [-0.3, -0.25) is 4.79 Å². The van der Waals surface area contributed by atoms with Gasteiger partial charge in [-0.2, -0.15) is 0 Å². The van der Waals surface area contributed by atoms with Crippen LogP contribution in [0.25, 0.3) is 6.08 Å². The third kappa shape index (κ3) is 3.79. The summed E-state index contributed by atoms with van der Waals surface area (Å²) in [4.78, 5) is 14.5. The van der Waals surface area contributed by atoms with Gasteiger partial charge in [0.25, 0.3) is 0 Å². The fourth-order valence-corrected chi connectivity index (χ4v) is 2.65. The molecule has 0 bridgehead atoms. The van der Waals surface area contributed by atoms with Gasteiger partial charge in [0, 0.05) is 43.0 Å². The average Bonchev–Trinajstić information content (AvgIpc) is 2.62. The van der Waals surface area contributed by atoms with Crippen LogP contribution in [0.15, 0.2) is 54.6 Å². The molecule has 3 rings (SSSR count). The minimum Gasteiger partial charge on any atom is -0.507 e. The number of ketones is 1. The number of aromatic hydroxyl groups is 1. The highest BCUT2D eigenvalue weighted by atomic mass is 16.3. The zero-order valence-corrected chi connectivity index (χ0v) is 12.9. The number of carbonyl (C=O) groups excluding carboxylic acids is 1. The van der Waals surface area contributed by atoms with Gasteiger partial charge >= 0.3 is 0 Å². The van der Waals surface area contributed by atoms with Crippen LogP contribution in [0.3, 0.4) is 0 Å². The number of anilines is 1. The number of piperazine rings is 1. The summed E-state index contributed by atoms with van der Waals surface area (Å²) >= 11 is 0.